The maximum atomic E-state index is 4.73. The fraction of sp³-hybridized carbons (Fsp3) is 0.545. The van der Waals surface area contributed by atoms with E-state index < -0.39 is 0 Å². The van der Waals surface area contributed by atoms with E-state index >= 15 is 0 Å². The summed E-state index contributed by atoms with van der Waals surface area (Å²) >= 11 is 1.70. The molecule has 0 bridgehead atoms. The summed E-state index contributed by atoms with van der Waals surface area (Å²) in [6, 6.07) is 8.91. The highest BCUT2D eigenvalue weighted by Gasteiger charge is 2.17. The van der Waals surface area contributed by atoms with Gasteiger partial charge in [-0.05, 0) is 37.1 Å². The molecule has 29 heavy (non-hydrogen) atoms. The fourth-order valence-electron chi connectivity index (χ4n) is 3.26. The third-order valence-corrected chi connectivity index (χ3v) is 5.89. The molecule has 7 heteroatoms. The summed E-state index contributed by atoms with van der Waals surface area (Å²) in [4.78, 5) is 11.6. The van der Waals surface area contributed by atoms with Crippen molar-refractivity contribution >= 4 is 41.3 Å². The van der Waals surface area contributed by atoms with E-state index in [4.69, 9.17) is 4.98 Å². The number of aromatic nitrogens is 1. The summed E-state index contributed by atoms with van der Waals surface area (Å²) in [5, 5.41) is 9.98. The first-order chi connectivity index (χ1) is 13.4. The number of aliphatic imine (C=N–C) groups is 1. The summed E-state index contributed by atoms with van der Waals surface area (Å²) in [6.45, 7) is 11.6. The molecule has 160 valence electrons. The van der Waals surface area contributed by atoms with Gasteiger partial charge in [-0.1, -0.05) is 45.0 Å². The molecule has 1 aliphatic rings. The van der Waals surface area contributed by atoms with Gasteiger partial charge in [0.1, 0.15) is 5.01 Å². The van der Waals surface area contributed by atoms with Crippen molar-refractivity contribution in [1.82, 2.24) is 20.5 Å². The smallest absolute Gasteiger partial charge is 0.191 e. The van der Waals surface area contributed by atoms with E-state index in [9.17, 15) is 0 Å². The Morgan fingerprint density at radius 3 is 2.28 bits per heavy atom. The second-order valence-corrected chi connectivity index (χ2v) is 9.40. The summed E-state index contributed by atoms with van der Waals surface area (Å²) in [7, 11) is 1.80. The predicted molar refractivity (Wildman–Crippen MR) is 134 cm³/mol. The SMILES string of the molecule is CN=C(NCc1ccc(CN2CCCC2)cc1)NCc1nc(C(C)(C)C)cs1.I. The van der Waals surface area contributed by atoms with Gasteiger partial charge < -0.3 is 10.6 Å². The minimum absolute atomic E-state index is 0. The van der Waals surface area contributed by atoms with Crippen LogP contribution in [0.3, 0.4) is 0 Å². The maximum Gasteiger partial charge on any atom is 0.191 e. The van der Waals surface area contributed by atoms with Crippen LogP contribution in [0.2, 0.25) is 0 Å². The van der Waals surface area contributed by atoms with E-state index in [1.807, 2.05) is 0 Å². The van der Waals surface area contributed by atoms with Crippen LogP contribution in [0.1, 0.15) is 55.4 Å². The number of hydrogen-bond acceptors (Lipinski definition) is 4. The molecule has 1 aliphatic heterocycles. The van der Waals surface area contributed by atoms with Gasteiger partial charge in [-0.3, -0.25) is 9.89 Å². The van der Waals surface area contributed by atoms with Crippen molar-refractivity contribution in [3.05, 3.63) is 51.5 Å². The highest BCUT2D eigenvalue weighted by molar-refractivity contribution is 14.0. The minimum atomic E-state index is 0. The molecule has 5 nitrogen and oxygen atoms in total. The van der Waals surface area contributed by atoms with Crippen LogP contribution in [0.4, 0.5) is 0 Å². The lowest BCUT2D eigenvalue weighted by atomic mass is 9.93. The number of hydrogen-bond donors (Lipinski definition) is 2. The molecule has 1 aromatic heterocycles. The minimum Gasteiger partial charge on any atom is -0.352 e. The topological polar surface area (TPSA) is 52.6 Å². The van der Waals surface area contributed by atoms with Gasteiger partial charge in [0.2, 0.25) is 0 Å². The van der Waals surface area contributed by atoms with Crippen LogP contribution >= 0.6 is 35.3 Å². The Labute approximate surface area is 196 Å². The lowest BCUT2D eigenvalue weighted by molar-refractivity contribution is 0.331. The summed E-state index contributed by atoms with van der Waals surface area (Å²) < 4.78 is 0. The molecule has 0 spiro atoms. The van der Waals surface area contributed by atoms with Crippen LogP contribution in [0.25, 0.3) is 0 Å². The molecule has 1 aromatic carbocycles. The third kappa shape index (κ3) is 7.53. The lowest BCUT2D eigenvalue weighted by Crippen LogP contribution is -2.36. The molecule has 3 rings (SSSR count). The quantitative estimate of drug-likeness (QED) is 0.330. The van der Waals surface area contributed by atoms with Gasteiger partial charge in [0.05, 0.1) is 12.2 Å². The number of thiazole rings is 1. The molecule has 1 fully saturated rings. The number of nitrogens with one attached hydrogen (secondary N) is 2. The van der Waals surface area contributed by atoms with E-state index in [1.165, 1.54) is 37.1 Å². The zero-order valence-electron chi connectivity index (χ0n) is 18.0. The Hall–Kier alpha value is -1.19. The Bertz CT molecular complexity index is 773. The molecule has 1 saturated heterocycles. The number of guanidine groups is 1. The van der Waals surface area contributed by atoms with E-state index in [0.717, 1.165) is 29.8 Å². The molecule has 2 aromatic rings. The zero-order valence-corrected chi connectivity index (χ0v) is 21.1. The second-order valence-electron chi connectivity index (χ2n) is 8.46. The van der Waals surface area contributed by atoms with Gasteiger partial charge in [-0.2, -0.15) is 0 Å². The average molecular weight is 528 g/mol. The van der Waals surface area contributed by atoms with Gasteiger partial charge in [0, 0.05) is 30.9 Å². The van der Waals surface area contributed by atoms with Crippen LogP contribution in [-0.2, 0) is 25.0 Å². The molecular weight excluding hydrogens is 493 g/mol. The Morgan fingerprint density at radius 1 is 1.07 bits per heavy atom. The Kier molecular flexibility index (Phi) is 9.36. The van der Waals surface area contributed by atoms with E-state index in [-0.39, 0.29) is 29.4 Å². The number of rotatable bonds is 6. The predicted octanol–water partition coefficient (Wildman–Crippen LogP) is 4.52. The first-order valence-electron chi connectivity index (χ1n) is 10.1. The molecule has 0 saturated carbocycles. The van der Waals surface area contributed by atoms with E-state index in [1.54, 1.807) is 18.4 Å². The summed E-state index contributed by atoms with van der Waals surface area (Å²) in [6.07, 6.45) is 2.68. The van der Waals surface area contributed by atoms with Crippen molar-refractivity contribution in [2.75, 3.05) is 20.1 Å². The first-order valence-corrected chi connectivity index (χ1v) is 11.0. The third-order valence-electron chi connectivity index (χ3n) is 5.04. The van der Waals surface area contributed by atoms with Gasteiger partial charge in [0.15, 0.2) is 5.96 Å². The molecular formula is C22H34IN5S. The number of nitrogens with zero attached hydrogens (tertiary/aromatic N) is 3. The van der Waals surface area contributed by atoms with Gasteiger partial charge in [-0.25, -0.2) is 4.98 Å². The summed E-state index contributed by atoms with van der Waals surface area (Å²) in [5.74, 6) is 0.800. The van der Waals surface area contributed by atoms with Gasteiger partial charge in [0.25, 0.3) is 0 Å². The van der Waals surface area contributed by atoms with Crippen molar-refractivity contribution in [3.63, 3.8) is 0 Å². The molecule has 2 N–H and O–H groups in total. The average Bonchev–Trinajstić information content (AvgIpc) is 3.35. The van der Waals surface area contributed by atoms with Crippen molar-refractivity contribution in [1.29, 1.82) is 0 Å². The Morgan fingerprint density at radius 2 is 1.69 bits per heavy atom. The fourth-order valence-corrected chi connectivity index (χ4v) is 4.22. The molecule has 0 unspecified atom stereocenters. The van der Waals surface area contributed by atoms with Crippen LogP contribution in [0.15, 0.2) is 34.6 Å². The normalized spacial score (nSPS) is 15.2. The second kappa shape index (κ2) is 11.3. The van der Waals surface area contributed by atoms with Gasteiger partial charge in [-0.15, -0.1) is 35.3 Å². The number of halogens is 1. The summed E-state index contributed by atoms with van der Waals surface area (Å²) in [5.41, 5.74) is 3.89. The maximum absolute atomic E-state index is 4.73. The van der Waals surface area contributed by atoms with Crippen LogP contribution in [-0.4, -0.2) is 36.0 Å². The van der Waals surface area contributed by atoms with Crippen LogP contribution in [0.5, 0.6) is 0 Å². The molecule has 0 amide bonds. The van der Waals surface area contributed by atoms with E-state index in [2.05, 4.69) is 70.9 Å². The Balaban J connectivity index is 0.00000300. The zero-order chi connectivity index (χ0) is 20.0. The first kappa shape index (κ1) is 24.1. The standard InChI is InChI=1S/C22H33N5S.HI/c1-22(2,3)19-16-28-20(26-19)14-25-21(23-4)24-13-17-7-9-18(10-8-17)15-27-11-5-6-12-27;/h7-10,16H,5-6,11-15H2,1-4H3,(H2,23,24,25);1H. The lowest BCUT2D eigenvalue weighted by Gasteiger charge is -2.15. The largest absolute Gasteiger partial charge is 0.352 e. The molecule has 0 radical (unpaired) electrons. The van der Waals surface area contributed by atoms with E-state index in [0.29, 0.717) is 6.54 Å². The number of benzene rings is 1. The van der Waals surface area contributed by atoms with Gasteiger partial charge >= 0.3 is 0 Å². The number of likely N-dealkylation sites (tertiary alicyclic amines) is 1. The van der Waals surface area contributed by atoms with Crippen molar-refractivity contribution in [2.24, 2.45) is 4.99 Å². The molecule has 0 atom stereocenters. The van der Waals surface area contributed by atoms with Crippen molar-refractivity contribution < 1.29 is 0 Å². The highest BCUT2D eigenvalue weighted by Crippen LogP contribution is 2.23. The highest BCUT2D eigenvalue weighted by atomic mass is 127. The molecule has 0 aliphatic carbocycles. The van der Waals surface area contributed by atoms with Crippen LogP contribution in [0, 0.1) is 0 Å². The van der Waals surface area contributed by atoms with Crippen LogP contribution < -0.4 is 10.6 Å². The van der Waals surface area contributed by atoms with Crippen molar-refractivity contribution in [2.45, 2.75) is 58.7 Å². The van der Waals surface area contributed by atoms with Crippen molar-refractivity contribution in [3.8, 4) is 0 Å². The molecule has 2 heterocycles. The monoisotopic (exact) mass is 527 g/mol.